The van der Waals surface area contributed by atoms with E-state index in [0.717, 1.165) is 22.0 Å². The summed E-state index contributed by atoms with van der Waals surface area (Å²) >= 11 is 0. The zero-order valence-corrected chi connectivity index (χ0v) is 15.7. The molecular weight excluding hydrogens is 354 g/mol. The van der Waals surface area contributed by atoms with Crippen LogP contribution in [0.1, 0.15) is 34.3 Å². The van der Waals surface area contributed by atoms with Gasteiger partial charge in [0.15, 0.2) is 0 Å². The van der Waals surface area contributed by atoms with Crippen LogP contribution in [0.3, 0.4) is 0 Å². The maximum Gasteiger partial charge on any atom is 0.255 e. The van der Waals surface area contributed by atoms with E-state index in [4.69, 9.17) is 0 Å². The Hall–Kier alpha value is -3.54. The maximum atomic E-state index is 12.7. The summed E-state index contributed by atoms with van der Waals surface area (Å²) in [6.07, 6.45) is 2.14. The van der Waals surface area contributed by atoms with Gasteiger partial charge in [-0.1, -0.05) is 12.1 Å². The summed E-state index contributed by atoms with van der Waals surface area (Å²) in [5, 5.41) is 3.81. The molecular formula is C22H19N3O3. The predicted octanol–water partition coefficient (Wildman–Crippen LogP) is 3.76. The van der Waals surface area contributed by atoms with E-state index in [2.05, 4.69) is 10.3 Å². The van der Waals surface area contributed by atoms with Gasteiger partial charge in [0.1, 0.15) is 0 Å². The Morgan fingerprint density at radius 3 is 2.32 bits per heavy atom. The number of benzene rings is 2. The molecule has 3 amide bonds. The molecule has 1 aliphatic rings. The minimum atomic E-state index is -0.267. The van der Waals surface area contributed by atoms with Crippen molar-refractivity contribution in [3.8, 4) is 0 Å². The molecule has 0 aliphatic carbocycles. The zero-order chi connectivity index (χ0) is 19.8. The summed E-state index contributed by atoms with van der Waals surface area (Å²) in [7, 11) is 0. The largest absolute Gasteiger partial charge is 0.321 e. The van der Waals surface area contributed by atoms with E-state index in [1.807, 2.05) is 26.0 Å². The molecule has 0 spiro atoms. The Labute approximate surface area is 162 Å². The molecule has 1 saturated heterocycles. The number of rotatable bonds is 3. The third-order valence-corrected chi connectivity index (χ3v) is 5.12. The average Bonchev–Trinajstić information content (AvgIpc) is 3.03. The molecule has 2 heterocycles. The van der Waals surface area contributed by atoms with Crippen LogP contribution in [0.15, 0.2) is 48.7 Å². The van der Waals surface area contributed by atoms with Crippen molar-refractivity contribution >= 4 is 40.0 Å². The summed E-state index contributed by atoms with van der Waals surface area (Å²) in [6.45, 7) is 4.04. The van der Waals surface area contributed by atoms with Crippen molar-refractivity contribution in [3.63, 3.8) is 0 Å². The molecule has 0 radical (unpaired) electrons. The zero-order valence-electron chi connectivity index (χ0n) is 15.7. The number of aryl methyl sites for hydroxylation is 2. The lowest BCUT2D eigenvalue weighted by molar-refractivity contribution is -0.121. The van der Waals surface area contributed by atoms with Gasteiger partial charge in [-0.3, -0.25) is 24.3 Å². The van der Waals surface area contributed by atoms with E-state index in [1.165, 1.54) is 4.90 Å². The van der Waals surface area contributed by atoms with Gasteiger partial charge in [0.25, 0.3) is 5.91 Å². The van der Waals surface area contributed by atoms with Gasteiger partial charge in [-0.25, -0.2) is 0 Å². The summed E-state index contributed by atoms with van der Waals surface area (Å²) in [6, 6.07) is 12.2. The second-order valence-corrected chi connectivity index (χ2v) is 6.89. The van der Waals surface area contributed by atoms with Crippen LogP contribution in [0.2, 0.25) is 0 Å². The van der Waals surface area contributed by atoms with Crippen molar-refractivity contribution in [2.45, 2.75) is 26.7 Å². The van der Waals surface area contributed by atoms with E-state index in [9.17, 15) is 14.4 Å². The Morgan fingerprint density at radius 1 is 0.964 bits per heavy atom. The van der Waals surface area contributed by atoms with E-state index in [1.54, 1.807) is 36.5 Å². The summed E-state index contributed by atoms with van der Waals surface area (Å²) in [4.78, 5) is 42.0. The lowest BCUT2D eigenvalue weighted by Crippen LogP contribution is -2.28. The van der Waals surface area contributed by atoms with Gasteiger partial charge in [-0.15, -0.1) is 0 Å². The number of carbonyl (C=O) groups excluding carboxylic acids is 3. The number of fused-ring (bicyclic) bond motifs is 1. The summed E-state index contributed by atoms with van der Waals surface area (Å²) in [5.74, 6) is -0.691. The van der Waals surface area contributed by atoms with Gasteiger partial charge in [0, 0.05) is 30.0 Å². The molecule has 6 nitrogen and oxygen atoms in total. The lowest BCUT2D eigenvalue weighted by Gasteiger charge is -2.14. The monoisotopic (exact) mass is 373 g/mol. The van der Waals surface area contributed by atoms with Crippen LogP contribution in [0.5, 0.6) is 0 Å². The lowest BCUT2D eigenvalue weighted by atomic mass is 10.0. The van der Waals surface area contributed by atoms with Crippen LogP contribution in [-0.4, -0.2) is 22.7 Å². The van der Waals surface area contributed by atoms with Crippen LogP contribution in [-0.2, 0) is 9.59 Å². The highest BCUT2D eigenvalue weighted by Crippen LogP contribution is 2.27. The highest BCUT2D eigenvalue weighted by atomic mass is 16.2. The number of imide groups is 1. The van der Waals surface area contributed by atoms with Crippen LogP contribution in [0, 0.1) is 13.8 Å². The Kier molecular flexibility index (Phi) is 4.39. The number of carbonyl (C=O) groups is 3. The summed E-state index contributed by atoms with van der Waals surface area (Å²) in [5.41, 5.74) is 4.70. The van der Waals surface area contributed by atoms with Crippen molar-refractivity contribution < 1.29 is 14.4 Å². The van der Waals surface area contributed by atoms with E-state index < -0.39 is 0 Å². The van der Waals surface area contributed by atoms with E-state index in [0.29, 0.717) is 16.9 Å². The molecule has 2 aromatic carbocycles. The third-order valence-electron chi connectivity index (χ3n) is 5.12. The van der Waals surface area contributed by atoms with Crippen molar-refractivity contribution in [2.75, 3.05) is 10.2 Å². The van der Waals surface area contributed by atoms with Gasteiger partial charge < -0.3 is 5.32 Å². The van der Waals surface area contributed by atoms with Gasteiger partial charge >= 0.3 is 0 Å². The Balaban J connectivity index is 1.59. The topological polar surface area (TPSA) is 79.4 Å². The van der Waals surface area contributed by atoms with Gasteiger partial charge in [-0.2, -0.15) is 0 Å². The molecule has 0 bridgehead atoms. The first-order chi connectivity index (χ1) is 13.5. The number of nitrogens with one attached hydrogen (secondary N) is 1. The maximum absolute atomic E-state index is 12.7. The SMILES string of the molecule is Cc1ccc2c(NC(=O)c3ccc(N4C(=O)CCC4=O)cc3)ccnc2c1C. The predicted molar refractivity (Wildman–Crippen MR) is 107 cm³/mol. The van der Waals surface area contributed by atoms with Crippen molar-refractivity contribution in [1.29, 1.82) is 0 Å². The molecule has 1 fully saturated rings. The molecule has 140 valence electrons. The average molecular weight is 373 g/mol. The van der Waals surface area contributed by atoms with Crippen molar-refractivity contribution in [1.82, 2.24) is 4.98 Å². The Morgan fingerprint density at radius 2 is 1.64 bits per heavy atom. The highest BCUT2D eigenvalue weighted by Gasteiger charge is 2.30. The number of aromatic nitrogens is 1. The minimum absolute atomic E-state index is 0.212. The van der Waals surface area contributed by atoms with Crippen molar-refractivity contribution in [2.24, 2.45) is 0 Å². The molecule has 0 atom stereocenters. The molecule has 3 aromatic rings. The summed E-state index contributed by atoms with van der Waals surface area (Å²) < 4.78 is 0. The molecule has 0 unspecified atom stereocenters. The van der Waals surface area contributed by atoms with Crippen molar-refractivity contribution in [3.05, 3.63) is 65.4 Å². The molecule has 4 rings (SSSR count). The van der Waals surface area contributed by atoms with Gasteiger partial charge in [0.2, 0.25) is 11.8 Å². The van der Waals surface area contributed by atoms with Crippen LogP contribution in [0.25, 0.3) is 10.9 Å². The van der Waals surface area contributed by atoms with E-state index in [-0.39, 0.29) is 30.6 Å². The fraction of sp³-hybridized carbons (Fsp3) is 0.182. The third kappa shape index (κ3) is 3.03. The normalized spacial score (nSPS) is 14.0. The molecule has 28 heavy (non-hydrogen) atoms. The number of pyridine rings is 1. The molecule has 1 aliphatic heterocycles. The van der Waals surface area contributed by atoms with Crippen LogP contribution >= 0.6 is 0 Å². The molecule has 6 heteroatoms. The first-order valence-corrected chi connectivity index (χ1v) is 9.08. The minimum Gasteiger partial charge on any atom is -0.321 e. The second kappa shape index (κ2) is 6.88. The molecule has 1 N–H and O–H groups in total. The molecule has 0 saturated carbocycles. The fourth-order valence-electron chi connectivity index (χ4n) is 3.39. The van der Waals surface area contributed by atoms with Gasteiger partial charge in [-0.05, 0) is 55.3 Å². The number of hydrogen-bond donors (Lipinski definition) is 1. The smallest absolute Gasteiger partial charge is 0.255 e. The molecule has 1 aromatic heterocycles. The van der Waals surface area contributed by atoms with Gasteiger partial charge in [0.05, 0.1) is 16.9 Å². The number of hydrogen-bond acceptors (Lipinski definition) is 4. The first-order valence-electron chi connectivity index (χ1n) is 9.08. The number of anilines is 2. The number of nitrogens with zero attached hydrogens (tertiary/aromatic N) is 2. The van der Waals surface area contributed by atoms with Crippen LogP contribution in [0.4, 0.5) is 11.4 Å². The second-order valence-electron chi connectivity index (χ2n) is 6.89. The first kappa shape index (κ1) is 17.9. The fourth-order valence-corrected chi connectivity index (χ4v) is 3.39. The van der Waals surface area contributed by atoms with E-state index >= 15 is 0 Å². The standard InChI is InChI=1S/C22H19N3O3/c1-13-3-8-17-18(11-12-23-21(17)14(13)2)24-22(28)15-4-6-16(7-5-15)25-19(26)9-10-20(25)27/h3-8,11-12H,9-10H2,1-2H3,(H,23,24,28). The number of amides is 3. The Bertz CT molecular complexity index is 1100. The quantitative estimate of drug-likeness (QED) is 0.709. The highest BCUT2D eigenvalue weighted by molar-refractivity contribution is 6.20. The van der Waals surface area contributed by atoms with Crippen LogP contribution < -0.4 is 10.2 Å².